The van der Waals surface area contributed by atoms with Gasteiger partial charge in [0.2, 0.25) is 5.91 Å². The summed E-state index contributed by atoms with van der Waals surface area (Å²) in [5.74, 6) is -0.102. The van der Waals surface area contributed by atoms with Gasteiger partial charge in [-0.1, -0.05) is 0 Å². The molecular formula is C14H15N3O3. The number of amides is 1. The van der Waals surface area contributed by atoms with Crippen molar-refractivity contribution < 1.29 is 14.3 Å². The first kappa shape index (κ1) is 14.0. The number of hydrogen-bond acceptors (Lipinski definition) is 5. The van der Waals surface area contributed by atoms with Crippen molar-refractivity contribution in [2.75, 3.05) is 6.54 Å². The average molecular weight is 273 g/mol. The van der Waals surface area contributed by atoms with Crippen molar-refractivity contribution in [1.82, 2.24) is 10.3 Å². The summed E-state index contributed by atoms with van der Waals surface area (Å²) in [6.07, 6.45) is 2.76. The number of aromatic nitrogens is 1. The lowest BCUT2D eigenvalue weighted by molar-refractivity contribution is -0.119. The second kappa shape index (κ2) is 6.15. The number of carbonyl (C=O) groups excluding carboxylic acids is 2. The minimum absolute atomic E-state index is 0.0471. The zero-order valence-corrected chi connectivity index (χ0v) is 11.1. The third-order valence-corrected chi connectivity index (χ3v) is 3.22. The van der Waals surface area contributed by atoms with Gasteiger partial charge in [0, 0.05) is 19.7 Å². The van der Waals surface area contributed by atoms with Gasteiger partial charge in [-0.05, 0) is 30.9 Å². The van der Waals surface area contributed by atoms with Crippen molar-refractivity contribution in [2.24, 2.45) is 5.92 Å². The van der Waals surface area contributed by atoms with Crippen LogP contribution < -0.4 is 5.32 Å². The lowest BCUT2D eigenvalue weighted by Gasteiger charge is -2.34. The molecule has 1 amide bonds. The number of ether oxygens (including phenoxy) is 1. The van der Waals surface area contributed by atoms with Gasteiger partial charge in [-0.15, -0.1) is 0 Å². The summed E-state index contributed by atoms with van der Waals surface area (Å²) in [6.45, 7) is 2.11. The van der Waals surface area contributed by atoms with Crippen molar-refractivity contribution in [1.29, 1.82) is 5.26 Å². The van der Waals surface area contributed by atoms with Crippen LogP contribution in [0.4, 0.5) is 0 Å². The van der Waals surface area contributed by atoms with Crippen molar-refractivity contribution in [3.8, 4) is 6.07 Å². The van der Waals surface area contributed by atoms with Gasteiger partial charge in [-0.3, -0.25) is 4.79 Å². The van der Waals surface area contributed by atoms with Crippen LogP contribution in [0.1, 0.15) is 35.8 Å². The molecule has 0 radical (unpaired) electrons. The van der Waals surface area contributed by atoms with Gasteiger partial charge in [0.1, 0.15) is 17.9 Å². The minimum atomic E-state index is -0.426. The molecule has 1 heterocycles. The van der Waals surface area contributed by atoms with Crippen LogP contribution in [0.5, 0.6) is 0 Å². The highest BCUT2D eigenvalue weighted by atomic mass is 16.5. The van der Waals surface area contributed by atoms with E-state index in [2.05, 4.69) is 10.3 Å². The Balaban J connectivity index is 1.76. The predicted molar refractivity (Wildman–Crippen MR) is 69.6 cm³/mol. The molecule has 1 aromatic rings. The smallest absolute Gasteiger partial charge is 0.339 e. The molecule has 1 aromatic heterocycles. The molecule has 1 saturated carbocycles. The number of nitrogens with zero attached hydrogens (tertiary/aromatic N) is 2. The first-order chi connectivity index (χ1) is 9.58. The number of hydrogen-bond donors (Lipinski definition) is 1. The van der Waals surface area contributed by atoms with Crippen molar-refractivity contribution in [3.05, 3.63) is 29.6 Å². The molecule has 0 unspecified atom stereocenters. The van der Waals surface area contributed by atoms with Crippen molar-refractivity contribution >= 4 is 11.9 Å². The highest BCUT2D eigenvalue weighted by Crippen LogP contribution is 2.30. The quantitative estimate of drug-likeness (QED) is 0.827. The zero-order chi connectivity index (χ0) is 14.5. The van der Waals surface area contributed by atoms with Crippen LogP contribution in [-0.4, -0.2) is 29.5 Å². The fourth-order valence-corrected chi connectivity index (χ4v) is 2.03. The van der Waals surface area contributed by atoms with Gasteiger partial charge < -0.3 is 10.1 Å². The van der Waals surface area contributed by atoms with Gasteiger partial charge in [-0.2, -0.15) is 5.26 Å². The highest BCUT2D eigenvalue weighted by molar-refractivity contribution is 5.89. The third-order valence-electron chi connectivity index (χ3n) is 3.22. The van der Waals surface area contributed by atoms with E-state index in [1.807, 2.05) is 6.07 Å². The fourth-order valence-electron chi connectivity index (χ4n) is 2.03. The molecule has 1 aliphatic carbocycles. The minimum Gasteiger partial charge on any atom is -0.459 e. The van der Waals surface area contributed by atoms with Gasteiger partial charge in [0.15, 0.2) is 0 Å². The van der Waals surface area contributed by atoms with Crippen LogP contribution >= 0.6 is 0 Å². The molecule has 1 aliphatic rings. The fraction of sp³-hybridized carbons (Fsp3) is 0.429. The summed E-state index contributed by atoms with van der Waals surface area (Å²) < 4.78 is 5.31. The monoisotopic (exact) mass is 273 g/mol. The lowest BCUT2D eigenvalue weighted by Crippen LogP contribution is -2.40. The van der Waals surface area contributed by atoms with Gasteiger partial charge in [0.25, 0.3) is 0 Å². The van der Waals surface area contributed by atoms with Crippen molar-refractivity contribution in [3.63, 3.8) is 0 Å². The summed E-state index contributed by atoms with van der Waals surface area (Å²) in [7, 11) is 0. The second-order valence-electron chi connectivity index (χ2n) is 4.85. The van der Waals surface area contributed by atoms with Crippen LogP contribution in [0.25, 0.3) is 0 Å². The highest BCUT2D eigenvalue weighted by Gasteiger charge is 2.32. The normalized spacial score (nSPS) is 20.4. The third kappa shape index (κ3) is 3.54. The Morgan fingerprint density at radius 2 is 2.25 bits per heavy atom. The molecular weight excluding hydrogens is 258 g/mol. The summed E-state index contributed by atoms with van der Waals surface area (Å²) in [5.41, 5.74) is 0.606. The van der Waals surface area contributed by atoms with E-state index in [1.54, 1.807) is 0 Å². The van der Waals surface area contributed by atoms with Crippen LogP contribution in [0, 0.1) is 17.2 Å². The predicted octanol–water partition coefficient (Wildman–Crippen LogP) is 1.02. The molecule has 2 rings (SSSR count). The molecule has 6 heteroatoms. The lowest BCUT2D eigenvalue weighted by atomic mass is 9.82. The molecule has 0 aromatic carbocycles. The summed E-state index contributed by atoms with van der Waals surface area (Å²) in [6, 6.07) is 4.90. The van der Waals surface area contributed by atoms with Crippen LogP contribution in [0.15, 0.2) is 18.3 Å². The van der Waals surface area contributed by atoms with Crippen LogP contribution in [0.3, 0.4) is 0 Å². The summed E-state index contributed by atoms with van der Waals surface area (Å²) in [4.78, 5) is 26.4. The largest absolute Gasteiger partial charge is 0.459 e. The molecule has 6 nitrogen and oxygen atoms in total. The molecule has 0 spiro atoms. The zero-order valence-electron chi connectivity index (χ0n) is 11.1. The summed E-state index contributed by atoms with van der Waals surface area (Å²) in [5, 5.41) is 11.4. The number of pyridine rings is 1. The van der Waals surface area contributed by atoms with Gasteiger partial charge in [-0.25, -0.2) is 9.78 Å². The van der Waals surface area contributed by atoms with E-state index in [0.29, 0.717) is 18.0 Å². The van der Waals surface area contributed by atoms with Gasteiger partial charge >= 0.3 is 5.97 Å². The molecule has 0 bridgehead atoms. The molecule has 0 saturated heterocycles. The first-order valence-corrected chi connectivity index (χ1v) is 6.40. The van der Waals surface area contributed by atoms with E-state index in [4.69, 9.17) is 10.00 Å². The van der Waals surface area contributed by atoms with E-state index < -0.39 is 5.97 Å². The van der Waals surface area contributed by atoms with Crippen LogP contribution in [-0.2, 0) is 9.53 Å². The maximum atomic E-state index is 11.8. The van der Waals surface area contributed by atoms with Crippen molar-refractivity contribution in [2.45, 2.75) is 25.9 Å². The summed E-state index contributed by atoms with van der Waals surface area (Å²) >= 11 is 0. The standard InChI is InChI=1S/C14H15N3O3/c1-9(18)16-7-10-4-13(5-10)20-14(19)11-2-3-12(6-15)17-8-11/h2-3,8,10,13H,4-5,7H2,1H3,(H,16,18). The Labute approximate surface area is 116 Å². The second-order valence-corrected chi connectivity index (χ2v) is 4.85. The molecule has 1 N–H and O–H groups in total. The maximum absolute atomic E-state index is 11.8. The molecule has 104 valence electrons. The van der Waals surface area contributed by atoms with E-state index in [1.165, 1.54) is 25.3 Å². The number of nitriles is 1. The molecule has 1 fully saturated rings. The molecule has 0 aliphatic heterocycles. The number of nitrogens with one attached hydrogen (secondary N) is 1. The van der Waals surface area contributed by atoms with Gasteiger partial charge in [0.05, 0.1) is 5.56 Å². The molecule has 0 atom stereocenters. The Morgan fingerprint density at radius 1 is 1.50 bits per heavy atom. The number of carbonyl (C=O) groups is 2. The Bertz CT molecular complexity index is 542. The maximum Gasteiger partial charge on any atom is 0.339 e. The molecule has 20 heavy (non-hydrogen) atoms. The Morgan fingerprint density at radius 3 is 2.80 bits per heavy atom. The van der Waals surface area contributed by atoms with E-state index in [0.717, 1.165) is 12.8 Å². The SMILES string of the molecule is CC(=O)NCC1CC(OC(=O)c2ccc(C#N)nc2)C1. The first-order valence-electron chi connectivity index (χ1n) is 6.40. The number of esters is 1. The Hall–Kier alpha value is -2.42. The Kier molecular flexibility index (Phi) is 4.31. The van der Waals surface area contributed by atoms with Crippen LogP contribution in [0.2, 0.25) is 0 Å². The van der Waals surface area contributed by atoms with E-state index >= 15 is 0 Å². The topological polar surface area (TPSA) is 92.1 Å². The number of rotatable bonds is 4. The van der Waals surface area contributed by atoms with E-state index in [-0.39, 0.29) is 17.7 Å². The van der Waals surface area contributed by atoms with E-state index in [9.17, 15) is 9.59 Å². The average Bonchev–Trinajstić information content (AvgIpc) is 2.40.